The molecule has 0 spiro atoms. The first-order chi connectivity index (χ1) is 32.3. The molecule has 0 radical (unpaired) electrons. The van der Waals surface area contributed by atoms with E-state index >= 15 is 0 Å². The molecule has 8 heterocycles. The van der Waals surface area contributed by atoms with Gasteiger partial charge in [-0.15, -0.1) is 0 Å². The van der Waals surface area contributed by atoms with Crippen LogP contribution in [-0.4, -0.2) is 93.6 Å². The fraction of sp³-hybridized carbons (Fsp3) is 0.429. The summed E-state index contributed by atoms with van der Waals surface area (Å²) in [6.45, 7) is 2.49. The van der Waals surface area contributed by atoms with Gasteiger partial charge < -0.3 is 35.0 Å². The molecule has 6 aliphatic rings. The minimum absolute atomic E-state index is 0. The van der Waals surface area contributed by atoms with E-state index in [-0.39, 0.29) is 52.5 Å². The Balaban J connectivity index is 0.000000184. The summed E-state index contributed by atoms with van der Waals surface area (Å²) < 4.78 is 14.0. The maximum absolute atomic E-state index is 13.2. The minimum Gasteiger partial charge on any atom is -0.481 e. The molecule has 4 aliphatic heterocycles. The number of carboxylic acid groups (broad SMARTS) is 1. The second-order valence-electron chi connectivity index (χ2n) is 17.8. The van der Waals surface area contributed by atoms with Crippen LogP contribution in [0.15, 0.2) is 58.0 Å². The van der Waals surface area contributed by atoms with Gasteiger partial charge in [0.1, 0.15) is 23.9 Å². The van der Waals surface area contributed by atoms with Crippen molar-refractivity contribution in [3.63, 3.8) is 0 Å². The molecule has 0 saturated heterocycles. The molecule has 2 saturated carbocycles. The molecule has 3 amide bonds. The van der Waals surface area contributed by atoms with Gasteiger partial charge in [0.15, 0.2) is 0 Å². The van der Waals surface area contributed by atoms with Crippen LogP contribution in [0.4, 0.5) is 0 Å². The van der Waals surface area contributed by atoms with Gasteiger partial charge >= 0.3 is 5.97 Å². The van der Waals surface area contributed by atoms with E-state index in [4.69, 9.17) is 66.3 Å². The first kappa shape index (κ1) is 52.1. The molecule has 2 aromatic carbocycles. The Morgan fingerprint density at radius 3 is 1.51 bits per heavy atom. The van der Waals surface area contributed by atoms with E-state index in [0.29, 0.717) is 113 Å². The van der Waals surface area contributed by atoms with Crippen molar-refractivity contribution in [3.8, 4) is 22.8 Å². The van der Waals surface area contributed by atoms with Crippen molar-refractivity contribution in [2.24, 2.45) is 17.6 Å². The number of nitrogens with zero attached hydrogens (tertiary/aromatic N) is 8. The summed E-state index contributed by atoms with van der Waals surface area (Å²) in [6, 6.07) is 10.6. The van der Waals surface area contributed by atoms with Gasteiger partial charge in [0, 0.05) is 71.4 Å². The first-order valence-corrected chi connectivity index (χ1v) is 23.6. The summed E-state index contributed by atoms with van der Waals surface area (Å²) in [4.78, 5) is 54.3. The fourth-order valence-electron chi connectivity index (χ4n) is 8.87. The Labute approximate surface area is 425 Å². The maximum Gasteiger partial charge on any atom is 0.308 e. The molecule has 372 valence electrons. The number of aromatic nitrogens is 6. The van der Waals surface area contributed by atoms with Crippen molar-refractivity contribution in [2.75, 3.05) is 13.1 Å². The van der Waals surface area contributed by atoms with Gasteiger partial charge in [0.05, 0.1) is 80.9 Å². The van der Waals surface area contributed by atoms with Crippen molar-refractivity contribution in [1.82, 2.24) is 45.0 Å². The molecule has 2 fully saturated rings. The zero-order chi connectivity index (χ0) is 46.7. The second-order valence-corrected chi connectivity index (χ2v) is 19.4. The monoisotopic (exact) mass is 1040 g/mol. The van der Waals surface area contributed by atoms with Gasteiger partial charge in [-0.05, 0) is 74.9 Å². The van der Waals surface area contributed by atoms with Crippen LogP contribution in [0, 0.1) is 11.8 Å². The van der Waals surface area contributed by atoms with Gasteiger partial charge in [-0.1, -0.05) is 79.0 Å². The Morgan fingerprint density at radius 1 is 0.657 bits per heavy atom. The molecule has 2 unspecified atom stereocenters. The number of carboxylic acids is 1. The number of nitrogens with one attached hydrogen (secondary N) is 1. The van der Waals surface area contributed by atoms with Crippen LogP contribution in [0.1, 0.15) is 102 Å². The highest BCUT2D eigenvalue weighted by atomic mass is 35.5. The van der Waals surface area contributed by atoms with E-state index in [1.165, 1.54) is 19.1 Å². The Hall–Kier alpha value is -5.72. The Bertz CT molecular complexity index is 2940. The molecule has 0 bridgehead atoms. The minimum atomic E-state index is -0.889. The predicted molar refractivity (Wildman–Crippen MR) is 266 cm³/mol. The van der Waals surface area contributed by atoms with Crippen LogP contribution in [-0.2, 0) is 61.5 Å². The van der Waals surface area contributed by atoms with Crippen LogP contribution in [0.25, 0.3) is 22.8 Å². The van der Waals surface area contributed by atoms with E-state index < -0.39 is 11.9 Å². The summed E-state index contributed by atoms with van der Waals surface area (Å²) in [5, 5.41) is 32.0. The van der Waals surface area contributed by atoms with Crippen LogP contribution in [0.2, 0.25) is 20.1 Å². The van der Waals surface area contributed by atoms with Crippen molar-refractivity contribution >= 4 is 70.1 Å². The summed E-state index contributed by atoms with van der Waals surface area (Å²) in [6.07, 6.45) is 9.76. The Kier molecular flexibility index (Phi) is 15.9. The SMILES string of the molecule is C.C.C.NC1CC1.O=C(NC1CC1)C1Cc2conc2-c2c3c(nn2C1)CCN(C(=O)c1ccc(Cl)c(Cl)c1)C3.O=C(O)C1Cc2conc2-c2c3c(nn2C1)CCN(C(=O)c1ccc(Cl)c(Cl)c1)C3. The fourth-order valence-corrected chi connectivity index (χ4v) is 9.47. The van der Waals surface area contributed by atoms with E-state index in [1.54, 1.807) is 57.1 Å². The Morgan fingerprint density at radius 2 is 1.10 bits per heavy atom. The molecule has 4 aromatic heterocycles. The van der Waals surface area contributed by atoms with Crippen LogP contribution >= 0.6 is 46.4 Å². The van der Waals surface area contributed by atoms with E-state index in [2.05, 4.69) is 20.7 Å². The molecule has 17 nitrogen and oxygen atoms in total. The third kappa shape index (κ3) is 10.6. The number of fused-ring (bicyclic) bond motifs is 10. The predicted octanol–water partition coefficient (Wildman–Crippen LogP) is 8.81. The number of rotatable bonds is 5. The lowest BCUT2D eigenvalue weighted by Gasteiger charge is -2.27. The molecule has 70 heavy (non-hydrogen) atoms. The number of hydrogen-bond donors (Lipinski definition) is 3. The summed E-state index contributed by atoms with van der Waals surface area (Å²) in [5.74, 6) is -1.99. The van der Waals surface area contributed by atoms with Crippen molar-refractivity contribution in [1.29, 1.82) is 0 Å². The van der Waals surface area contributed by atoms with Crippen molar-refractivity contribution in [3.05, 3.63) is 114 Å². The zero-order valence-electron chi connectivity index (χ0n) is 35.9. The summed E-state index contributed by atoms with van der Waals surface area (Å²) in [7, 11) is 0. The number of carbonyl (C=O) groups excluding carboxylic acids is 3. The smallest absolute Gasteiger partial charge is 0.308 e. The number of amides is 3. The molecule has 12 rings (SSSR count). The second kappa shape index (κ2) is 21.3. The molecular formula is C49H56Cl4N10O7. The first-order valence-electron chi connectivity index (χ1n) is 22.1. The lowest BCUT2D eigenvalue weighted by Crippen LogP contribution is -2.36. The van der Waals surface area contributed by atoms with Crippen LogP contribution in [0.5, 0.6) is 0 Å². The van der Waals surface area contributed by atoms with Crippen LogP contribution in [0.3, 0.4) is 0 Å². The van der Waals surface area contributed by atoms with Crippen molar-refractivity contribution in [2.45, 2.75) is 112 Å². The number of carbonyl (C=O) groups is 4. The standard InChI is InChI=1S/C23H21Cl2N5O3.C20H16Cl2N4O4.C3H7N.3CH4/c24-17-4-1-12(8-18(17)25)23(32)29-6-5-19-16(10-29)21-20-14(11-33-28-20)7-13(9-30(21)27-19)22(31)26-15-2-3-15;21-14-2-1-10(6-15(14)22)19(27)25-4-3-16-13(8-25)18-17-12(9-30-24-17)5-11(20(28)29)7-26(18)23-16;4-3-1-2-3;;;/h1,4,8,11,13,15H,2-3,5-7,9-10H2,(H,26,31);1-2,6,9,11H,3-5,7-8H2,(H,28,29);3H,1-2,4H2;3*1H4. The topological polar surface area (TPSA) is 221 Å². The lowest BCUT2D eigenvalue weighted by molar-refractivity contribution is -0.142. The van der Waals surface area contributed by atoms with Gasteiger partial charge in [0.25, 0.3) is 11.8 Å². The average Bonchev–Trinajstić information content (AvgIpc) is 4.14. The van der Waals surface area contributed by atoms with Gasteiger partial charge in [-0.2, -0.15) is 10.2 Å². The molecular weight excluding hydrogens is 982 g/mol. The van der Waals surface area contributed by atoms with E-state index in [9.17, 15) is 24.3 Å². The zero-order valence-corrected chi connectivity index (χ0v) is 38.9. The molecule has 21 heteroatoms. The molecule has 2 atom stereocenters. The number of benzene rings is 2. The molecule has 6 aromatic rings. The van der Waals surface area contributed by atoms with Crippen molar-refractivity contribution < 1.29 is 33.3 Å². The lowest BCUT2D eigenvalue weighted by atomic mass is 9.98. The molecule has 2 aliphatic carbocycles. The third-order valence-corrected chi connectivity index (χ3v) is 14.3. The highest BCUT2D eigenvalue weighted by Gasteiger charge is 2.38. The number of halogens is 4. The quantitative estimate of drug-likeness (QED) is 0.147. The molecule has 4 N–H and O–H groups in total. The summed E-state index contributed by atoms with van der Waals surface area (Å²) in [5.41, 5.74) is 14.3. The number of nitrogens with two attached hydrogens (primary N) is 1. The number of hydrogen-bond acceptors (Lipinski definition) is 11. The normalized spacial score (nSPS) is 18.2. The highest BCUT2D eigenvalue weighted by Crippen LogP contribution is 2.39. The highest BCUT2D eigenvalue weighted by molar-refractivity contribution is 6.42. The average molecular weight is 1040 g/mol. The largest absolute Gasteiger partial charge is 0.481 e. The third-order valence-electron chi connectivity index (χ3n) is 12.8. The van der Waals surface area contributed by atoms with Crippen LogP contribution < -0.4 is 11.1 Å². The van der Waals surface area contributed by atoms with E-state index in [0.717, 1.165) is 57.9 Å². The van der Waals surface area contributed by atoms with E-state index in [1.807, 2.05) is 4.68 Å². The summed E-state index contributed by atoms with van der Waals surface area (Å²) >= 11 is 24.2. The van der Waals surface area contributed by atoms with Gasteiger partial charge in [-0.25, -0.2) is 0 Å². The maximum atomic E-state index is 13.2. The van der Waals surface area contributed by atoms with Gasteiger partial charge in [0.2, 0.25) is 5.91 Å². The van der Waals surface area contributed by atoms with Gasteiger partial charge in [-0.3, -0.25) is 28.5 Å². The number of aliphatic carboxylic acids is 1.